The molecule has 1 atom stereocenters. The summed E-state index contributed by atoms with van der Waals surface area (Å²) in [6, 6.07) is 13.0. The molecule has 2 aliphatic heterocycles. The van der Waals surface area contributed by atoms with E-state index in [4.69, 9.17) is 4.74 Å². The molecule has 2 saturated heterocycles. The number of benzene rings is 1. The zero-order valence-electron chi connectivity index (χ0n) is 21.0. The molecule has 8 nitrogen and oxygen atoms in total. The second-order valence-corrected chi connectivity index (χ2v) is 10.0. The largest absolute Gasteiger partial charge is 0.492 e. The number of carbonyl (C=O) groups excluding carboxylic acids is 1. The van der Waals surface area contributed by atoms with Crippen LogP contribution in [0.15, 0.2) is 54.9 Å². The highest BCUT2D eigenvalue weighted by molar-refractivity contribution is 5.94. The summed E-state index contributed by atoms with van der Waals surface area (Å²) in [5.74, 6) is 0.659. The molecule has 0 spiro atoms. The van der Waals surface area contributed by atoms with E-state index < -0.39 is 5.60 Å². The molecule has 190 valence electrons. The Labute approximate surface area is 212 Å². The van der Waals surface area contributed by atoms with Gasteiger partial charge in [-0.15, -0.1) is 0 Å². The molecule has 2 aromatic heterocycles. The van der Waals surface area contributed by atoms with Crippen LogP contribution in [-0.4, -0.2) is 89.3 Å². The summed E-state index contributed by atoms with van der Waals surface area (Å²) in [6.45, 7) is 5.28. The fraction of sp³-hybridized carbons (Fsp3) is 0.464. The van der Waals surface area contributed by atoms with Crippen LogP contribution in [0.2, 0.25) is 0 Å². The zero-order valence-corrected chi connectivity index (χ0v) is 21.0. The third-order valence-electron chi connectivity index (χ3n) is 7.25. The van der Waals surface area contributed by atoms with Crippen molar-refractivity contribution in [2.45, 2.75) is 31.3 Å². The molecule has 2 aliphatic rings. The SMILES string of the molecule is CN(C[C@@]1(O)CCN(c2ccnc3cccnc23)C1)C(=O)c1ccc(OCCN2CCCCC2)cc1. The molecule has 3 aromatic rings. The van der Waals surface area contributed by atoms with Gasteiger partial charge in [-0.1, -0.05) is 6.42 Å². The van der Waals surface area contributed by atoms with Gasteiger partial charge in [-0.25, -0.2) is 0 Å². The van der Waals surface area contributed by atoms with Crippen LogP contribution in [0.5, 0.6) is 5.75 Å². The Morgan fingerprint density at radius 2 is 1.86 bits per heavy atom. The van der Waals surface area contributed by atoms with E-state index >= 15 is 0 Å². The molecule has 1 aromatic carbocycles. The number of β-amino-alcohol motifs (C(OH)–C–C–N with tert-alkyl or cyclic N) is 1. The minimum Gasteiger partial charge on any atom is -0.492 e. The van der Waals surface area contributed by atoms with Gasteiger partial charge in [0.05, 0.1) is 17.7 Å². The van der Waals surface area contributed by atoms with E-state index in [0.29, 0.717) is 31.7 Å². The van der Waals surface area contributed by atoms with Gasteiger partial charge in [0, 0.05) is 44.6 Å². The number of pyridine rings is 2. The monoisotopic (exact) mass is 489 g/mol. The van der Waals surface area contributed by atoms with Crippen LogP contribution in [0.4, 0.5) is 5.69 Å². The lowest BCUT2D eigenvalue weighted by atomic mass is 10.0. The molecule has 0 saturated carbocycles. The van der Waals surface area contributed by atoms with Crippen molar-refractivity contribution >= 4 is 22.6 Å². The van der Waals surface area contributed by atoms with Crippen molar-refractivity contribution < 1.29 is 14.6 Å². The van der Waals surface area contributed by atoms with Gasteiger partial charge in [0.1, 0.15) is 23.5 Å². The van der Waals surface area contributed by atoms with Gasteiger partial charge in [0.2, 0.25) is 0 Å². The highest BCUT2D eigenvalue weighted by atomic mass is 16.5. The van der Waals surface area contributed by atoms with Crippen LogP contribution in [0, 0.1) is 0 Å². The molecule has 8 heteroatoms. The van der Waals surface area contributed by atoms with E-state index in [9.17, 15) is 9.90 Å². The number of carbonyl (C=O) groups is 1. The number of hydrogen-bond donors (Lipinski definition) is 1. The van der Waals surface area contributed by atoms with Gasteiger partial charge in [-0.3, -0.25) is 19.7 Å². The first-order valence-electron chi connectivity index (χ1n) is 12.9. The Balaban J connectivity index is 1.15. The van der Waals surface area contributed by atoms with Crippen molar-refractivity contribution in [3.8, 4) is 5.75 Å². The summed E-state index contributed by atoms with van der Waals surface area (Å²) in [5.41, 5.74) is 2.21. The molecule has 5 rings (SSSR count). The molecule has 1 N–H and O–H groups in total. The number of likely N-dealkylation sites (tertiary alicyclic amines) is 1. The van der Waals surface area contributed by atoms with Gasteiger partial charge >= 0.3 is 0 Å². The Bertz CT molecular complexity index is 1180. The van der Waals surface area contributed by atoms with Crippen molar-refractivity contribution in [1.29, 1.82) is 0 Å². The van der Waals surface area contributed by atoms with E-state index in [-0.39, 0.29) is 12.5 Å². The lowest BCUT2D eigenvalue weighted by Crippen LogP contribution is -2.45. The number of ether oxygens (including phenoxy) is 1. The number of piperidine rings is 1. The van der Waals surface area contributed by atoms with E-state index in [1.807, 2.05) is 30.3 Å². The fourth-order valence-electron chi connectivity index (χ4n) is 5.31. The van der Waals surface area contributed by atoms with Crippen LogP contribution < -0.4 is 9.64 Å². The first-order valence-corrected chi connectivity index (χ1v) is 12.9. The summed E-state index contributed by atoms with van der Waals surface area (Å²) < 4.78 is 5.89. The average molecular weight is 490 g/mol. The molecule has 0 aliphatic carbocycles. The predicted octanol–water partition coefficient (Wildman–Crippen LogP) is 3.21. The average Bonchev–Trinajstić information content (AvgIpc) is 3.30. The number of amides is 1. The third-order valence-corrected chi connectivity index (χ3v) is 7.25. The first-order chi connectivity index (χ1) is 17.5. The van der Waals surface area contributed by atoms with Gasteiger partial charge < -0.3 is 19.6 Å². The van der Waals surface area contributed by atoms with Crippen molar-refractivity contribution in [3.05, 3.63) is 60.4 Å². The molecule has 4 heterocycles. The molecular formula is C28H35N5O3. The van der Waals surface area contributed by atoms with Crippen molar-refractivity contribution in [3.63, 3.8) is 0 Å². The minimum absolute atomic E-state index is 0.113. The molecule has 2 fully saturated rings. The van der Waals surface area contributed by atoms with Crippen LogP contribution in [0.25, 0.3) is 11.0 Å². The van der Waals surface area contributed by atoms with Gasteiger partial charge in [0.25, 0.3) is 5.91 Å². The molecule has 0 unspecified atom stereocenters. The zero-order chi connectivity index (χ0) is 25.0. The Morgan fingerprint density at radius 3 is 2.67 bits per heavy atom. The third kappa shape index (κ3) is 5.60. The minimum atomic E-state index is -0.994. The maximum atomic E-state index is 13.1. The number of anilines is 1. The quantitative estimate of drug-likeness (QED) is 0.520. The number of likely N-dealkylation sites (N-methyl/N-ethyl adjacent to an activating group) is 1. The summed E-state index contributed by atoms with van der Waals surface area (Å²) in [6.07, 6.45) is 7.98. The second kappa shape index (κ2) is 10.8. The predicted molar refractivity (Wildman–Crippen MR) is 141 cm³/mol. The standard InChI is InChI=1S/C28H35N5O3/c1-31(27(34)22-7-9-23(10-8-22)36-19-18-32-15-3-2-4-16-32)20-28(35)12-17-33(21-28)25-11-14-29-24-6-5-13-30-26(24)25/h5-11,13-14,35H,2-4,12,15-21H2,1H3/t28-/m0/s1. The summed E-state index contributed by atoms with van der Waals surface area (Å²) in [5, 5.41) is 11.3. The van der Waals surface area contributed by atoms with E-state index in [0.717, 1.165) is 42.1 Å². The van der Waals surface area contributed by atoms with E-state index in [1.165, 1.54) is 19.3 Å². The number of hydrogen-bond acceptors (Lipinski definition) is 7. The number of aromatic nitrogens is 2. The lowest BCUT2D eigenvalue weighted by molar-refractivity contribution is 0.0264. The van der Waals surface area contributed by atoms with E-state index in [1.54, 1.807) is 36.5 Å². The highest BCUT2D eigenvalue weighted by Crippen LogP contribution is 2.31. The maximum Gasteiger partial charge on any atom is 0.253 e. The Hall–Kier alpha value is -3.23. The number of aliphatic hydroxyl groups is 1. The Morgan fingerprint density at radius 1 is 1.06 bits per heavy atom. The lowest BCUT2D eigenvalue weighted by Gasteiger charge is -2.29. The van der Waals surface area contributed by atoms with Gasteiger partial charge in [-0.2, -0.15) is 0 Å². The summed E-state index contributed by atoms with van der Waals surface area (Å²) in [7, 11) is 1.75. The topological polar surface area (TPSA) is 82.0 Å². The normalized spacial score (nSPS) is 20.6. The van der Waals surface area contributed by atoms with Gasteiger partial charge in [-0.05, 0) is 74.8 Å². The fourth-order valence-corrected chi connectivity index (χ4v) is 5.31. The number of nitrogens with zero attached hydrogens (tertiary/aromatic N) is 5. The Kier molecular flexibility index (Phi) is 7.34. The van der Waals surface area contributed by atoms with Crippen molar-refractivity contribution in [2.24, 2.45) is 0 Å². The van der Waals surface area contributed by atoms with Crippen LogP contribution in [-0.2, 0) is 0 Å². The molecule has 0 radical (unpaired) electrons. The van der Waals surface area contributed by atoms with Gasteiger partial charge in [0.15, 0.2) is 0 Å². The molecular weight excluding hydrogens is 454 g/mol. The highest BCUT2D eigenvalue weighted by Gasteiger charge is 2.38. The number of rotatable bonds is 8. The molecule has 1 amide bonds. The molecule has 36 heavy (non-hydrogen) atoms. The second-order valence-electron chi connectivity index (χ2n) is 10.0. The van der Waals surface area contributed by atoms with Crippen molar-refractivity contribution in [1.82, 2.24) is 19.8 Å². The summed E-state index contributed by atoms with van der Waals surface area (Å²) >= 11 is 0. The molecule has 0 bridgehead atoms. The van der Waals surface area contributed by atoms with Crippen LogP contribution in [0.1, 0.15) is 36.0 Å². The smallest absolute Gasteiger partial charge is 0.253 e. The van der Waals surface area contributed by atoms with Crippen LogP contribution in [0.3, 0.4) is 0 Å². The maximum absolute atomic E-state index is 13.1. The first kappa shape index (κ1) is 24.5. The van der Waals surface area contributed by atoms with Crippen molar-refractivity contribution in [2.75, 3.05) is 57.8 Å². The summed E-state index contributed by atoms with van der Waals surface area (Å²) in [4.78, 5) is 28.1. The number of fused-ring (bicyclic) bond motifs is 1. The van der Waals surface area contributed by atoms with Crippen LogP contribution >= 0.6 is 0 Å². The van der Waals surface area contributed by atoms with E-state index in [2.05, 4.69) is 19.8 Å².